The van der Waals surface area contributed by atoms with Gasteiger partial charge in [-0.2, -0.15) is 0 Å². The van der Waals surface area contributed by atoms with Crippen molar-refractivity contribution in [1.82, 2.24) is 15.2 Å². The molecule has 0 saturated carbocycles. The van der Waals surface area contributed by atoms with Crippen LogP contribution in [0.1, 0.15) is 5.56 Å². The van der Waals surface area contributed by atoms with Crippen LogP contribution in [0.2, 0.25) is 0 Å². The second-order valence-electron chi connectivity index (χ2n) is 5.56. The molecule has 3 rings (SSSR count). The van der Waals surface area contributed by atoms with Crippen molar-refractivity contribution in [2.75, 3.05) is 14.2 Å². The summed E-state index contributed by atoms with van der Waals surface area (Å²) in [6.07, 6.45) is 1.40. The highest BCUT2D eigenvalue weighted by atomic mass is 32.2. The van der Waals surface area contributed by atoms with Crippen molar-refractivity contribution in [2.24, 2.45) is 0 Å². The van der Waals surface area contributed by atoms with E-state index in [2.05, 4.69) is 15.2 Å². The lowest BCUT2D eigenvalue weighted by Crippen LogP contribution is -1.97. The lowest BCUT2D eigenvalue weighted by molar-refractivity contribution is -0.268. The molecule has 9 heteroatoms. The summed E-state index contributed by atoms with van der Waals surface area (Å²) in [4.78, 5) is 15.9. The van der Waals surface area contributed by atoms with Crippen LogP contribution < -0.4 is 14.6 Å². The van der Waals surface area contributed by atoms with Crippen LogP contribution in [0.3, 0.4) is 0 Å². The molecule has 8 nitrogen and oxygen atoms in total. The van der Waals surface area contributed by atoms with Crippen LogP contribution in [-0.2, 0) is 4.79 Å². The van der Waals surface area contributed by atoms with Gasteiger partial charge in [0, 0.05) is 11.6 Å². The van der Waals surface area contributed by atoms with Crippen LogP contribution in [0.4, 0.5) is 0 Å². The summed E-state index contributed by atoms with van der Waals surface area (Å²) in [5.74, 6) is 0.268. The summed E-state index contributed by atoms with van der Waals surface area (Å²) in [6.45, 7) is 0. The van der Waals surface area contributed by atoms with E-state index in [0.717, 1.165) is 11.8 Å². The number of thioether (sulfide) groups is 1. The van der Waals surface area contributed by atoms with E-state index in [-0.39, 0.29) is 15.8 Å². The number of hydrogen-bond donors (Lipinski definition) is 2. The SMILES string of the molecule is COc1cc(OC)cc(-c2nc(S/C(=C/c3cccc([O-])c3)C(=O)O)n[nH]2)c1. The number of nitrogens with one attached hydrogen (secondary N) is 1. The molecule has 0 amide bonds. The van der Waals surface area contributed by atoms with E-state index in [1.165, 1.54) is 18.2 Å². The van der Waals surface area contributed by atoms with Gasteiger partial charge in [-0.1, -0.05) is 24.3 Å². The summed E-state index contributed by atoms with van der Waals surface area (Å²) >= 11 is 0.876. The van der Waals surface area contributed by atoms with Crippen molar-refractivity contribution in [3.63, 3.8) is 0 Å². The molecule has 0 aliphatic carbocycles. The van der Waals surface area contributed by atoms with Crippen molar-refractivity contribution in [3.05, 3.63) is 52.9 Å². The number of benzene rings is 2. The lowest BCUT2D eigenvalue weighted by Gasteiger charge is -2.06. The van der Waals surface area contributed by atoms with Crippen LogP contribution in [0.5, 0.6) is 17.2 Å². The number of aromatic nitrogens is 3. The van der Waals surface area contributed by atoms with Gasteiger partial charge in [-0.05, 0) is 35.5 Å². The maximum Gasteiger partial charge on any atom is 0.342 e. The minimum Gasteiger partial charge on any atom is -0.872 e. The lowest BCUT2D eigenvalue weighted by atomic mass is 10.2. The Kier molecular flexibility index (Phi) is 5.85. The first-order valence-electron chi connectivity index (χ1n) is 8.04. The molecule has 0 unspecified atom stereocenters. The first kappa shape index (κ1) is 19.3. The highest BCUT2D eigenvalue weighted by molar-refractivity contribution is 8.04. The van der Waals surface area contributed by atoms with Gasteiger partial charge in [0.2, 0.25) is 5.16 Å². The minimum atomic E-state index is -1.14. The molecule has 144 valence electrons. The highest BCUT2D eigenvalue weighted by Crippen LogP contribution is 2.31. The Labute approximate surface area is 164 Å². The zero-order chi connectivity index (χ0) is 20.1. The molecule has 3 aromatic rings. The van der Waals surface area contributed by atoms with Gasteiger partial charge in [-0.3, -0.25) is 5.10 Å². The fraction of sp³-hybridized carbons (Fsp3) is 0.105. The van der Waals surface area contributed by atoms with E-state index in [0.29, 0.717) is 28.5 Å². The zero-order valence-corrected chi connectivity index (χ0v) is 15.8. The largest absolute Gasteiger partial charge is 0.872 e. The van der Waals surface area contributed by atoms with Crippen molar-refractivity contribution >= 4 is 23.8 Å². The third-order valence-electron chi connectivity index (χ3n) is 3.66. The maximum atomic E-state index is 11.6. The fourth-order valence-corrected chi connectivity index (χ4v) is 3.06. The summed E-state index contributed by atoms with van der Waals surface area (Å²) in [7, 11) is 3.09. The molecule has 0 fully saturated rings. The molecule has 28 heavy (non-hydrogen) atoms. The van der Waals surface area contributed by atoms with Crippen LogP contribution in [0.25, 0.3) is 17.5 Å². The average molecular weight is 398 g/mol. The standard InChI is InChI=1S/C19H17N3O5S/c1-26-14-8-12(9-15(10-14)27-2)17-20-19(22-21-17)28-16(18(24)25)7-11-4-3-5-13(23)6-11/h3-10,23H,1-2H3,(H,24,25)(H,20,21,22)/p-1/b16-7+. The summed E-state index contributed by atoms with van der Waals surface area (Å²) in [5, 5.41) is 28.0. The molecule has 0 atom stereocenters. The third kappa shape index (κ3) is 4.63. The van der Waals surface area contributed by atoms with Crippen molar-refractivity contribution in [3.8, 4) is 28.6 Å². The number of carboxylic acids is 1. The molecule has 0 spiro atoms. The number of hydrogen-bond acceptors (Lipinski definition) is 7. The van der Waals surface area contributed by atoms with Crippen LogP contribution >= 0.6 is 11.8 Å². The van der Waals surface area contributed by atoms with Gasteiger partial charge >= 0.3 is 5.97 Å². The van der Waals surface area contributed by atoms with E-state index in [1.54, 1.807) is 44.6 Å². The number of nitrogens with zero attached hydrogens (tertiary/aromatic N) is 2. The Morgan fingerprint density at radius 1 is 1.18 bits per heavy atom. The van der Waals surface area contributed by atoms with Gasteiger partial charge < -0.3 is 19.7 Å². The molecule has 1 aromatic heterocycles. The highest BCUT2D eigenvalue weighted by Gasteiger charge is 2.15. The zero-order valence-electron chi connectivity index (χ0n) is 15.0. The van der Waals surface area contributed by atoms with Crippen LogP contribution in [0.15, 0.2) is 52.5 Å². The molecule has 0 aliphatic rings. The van der Waals surface area contributed by atoms with E-state index in [4.69, 9.17) is 9.47 Å². The number of rotatable bonds is 7. The number of carboxylic acid groups (broad SMARTS) is 1. The number of methoxy groups -OCH3 is 2. The Morgan fingerprint density at radius 2 is 1.89 bits per heavy atom. The van der Waals surface area contributed by atoms with Gasteiger partial charge in [-0.25, -0.2) is 9.78 Å². The Balaban J connectivity index is 1.88. The number of H-pyrrole nitrogens is 1. The van der Waals surface area contributed by atoms with Crippen molar-refractivity contribution in [1.29, 1.82) is 0 Å². The van der Waals surface area contributed by atoms with Gasteiger partial charge in [0.1, 0.15) is 16.4 Å². The number of ether oxygens (including phenoxy) is 2. The van der Waals surface area contributed by atoms with Gasteiger partial charge in [-0.15, -0.1) is 10.8 Å². The number of aromatic amines is 1. The third-order valence-corrected chi connectivity index (χ3v) is 4.54. The maximum absolute atomic E-state index is 11.6. The molecular weight excluding hydrogens is 382 g/mol. The molecular formula is C19H16N3O5S-. The molecule has 2 aromatic carbocycles. The average Bonchev–Trinajstić information content (AvgIpc) is 3.15. The summed E-state index contributed by atoms with van der Waals surface area (Å²) in [5.41, 5.74) is 1.17. The first-order valence-corrected chi connectivity index (χ1v) is 8.86. The van der Waals surface area contributed by atoms with Crippen molar-refractivity contribution in [2.45, 2.75) is 5.16 Å². The second kappa shape index (κ2) is 8.49. The molecule has 2 N–H and O–H groups in total. The predicted molar refractivity (Wildman–Crippen MR) is 102 cm³/mol. The predicted octanol–water partition coefficient (Wildman–Crippen LogP) is 2.78. The van der Waals surface area contributed by atoms with Crippen molar-refractivity contribution < 1.29 is 24.5 Å². The van der Waals surface area contributed by atoms with Gasteiger partial charge in [0.05, 0.1) is 14.2 Å². The van der Waals surface area contributed by atoms with Gasteiger partial charge in [0.15, 0.2) is 5.82 Å². The van der Waals surface area contributed by atoms with E-state index >= 15 is 0 Å². The topological polar surface area (TPSA) is 120 Å². The quantitative estimate of drug-likeness (QED) is 0.460. The van der Waals surface area contributed by atoms with E-state index < -0.39 is 5.97 Å². The van der Waals surface area contributed by atoms with E-state index in [1.807, 2.05) is 0 Å². The molecule has 0 bridgehead atoms. The molecule has 0 aliphatic heterocycles. The molecule has 0 radical (unpaired) electrons. The monoisotopic (exact) mass is 398 g/mol. The van der Waals surface area contributed by atoms with Crippen LogP contribution in [0, 0.1) is 0 Å². The summed E-state index contributed by atoms with van der Waals surface area (Å²) < 4.78 is 10.5. The van der Waals surface area contributed by atoms with Gasteiger partial charge in [0.25, 0.3) is 0 Å². The molecule has 1 heterocycles. The first-order chi connectivity index (χ1) is 13.5. The Hall–Kier alpha value is -3.46. The second-order valence-corrected chi connectivity index (χ2v) is 6.57. The van der Waals surface area contributed by atoms with E-state index in [9.17, 15) is 15.0 Å². The number of aliphatic carboxylic acids is 1. The van der Waals surface area contributed by atoms with Crippen LogP contribution in [-0.4, -0.2) is 40.5 Å². The molecule has 0 saturated heterocycles. The normalized spacial score (nSPS) is 11.3. The Morgan fingerprint density at radius 3 is 2.50 bits per heavy atom. The smallest absolute Gasteiger partial charge is 0.342 e. The number of carbonyl (C=O) groups is 1. The fourth-order valence-electron chi connectivity index (χ4n) is 2.35. The Bertz CT molecular complexity index is 1010. The summed E-state index contributed by atoms with van der Waals surface area (Å²) in [6, 6.07) is 11.2. The minimum absolute atomic E-state index is 0.0145.